The summed E-state index contributed by atoms with van der Waals surface area (Å²) in [7, 11) is 2.15. The molecule has 1 saturated carbocycles. The van der Waals surface area contributed by atoms with Gasteiger partial charge in [0.05, 0.1) is 16.7 Å². The van der Waals surface area contributed by atoms with Crippen LogP contribution in [0.15, 0.2) is 52.7 Å². The van der Waals surface area contributed by atoms with Crippen LogP contribution in [0.5, 0.6) is 0 Å². The van der Waals surface area contributed by atoms with Gasteiger partial charge >= 0.3 is 0 Å². The number of aliphatic imine (C=N–C) groups is 1. The molecule has 26 heavy (non-hydrogen) atoms. The standard InChI is InChI=1S/C22H22N4/c1-13-5-4-6-19-20(13)25-22(26(3)17-8-9-17)21(24-19)15-7-10-18-16(12-15)11-14(2)23-18/h4-7,11-12,17H,8-10H2,1-3H3. The van der Waals surface area contributed by atoms with Crippen LogP contribution in [-0.4, -0.2) is 28.8 Å². The summed E-state index contributed by atoms with van der Waals surface area (Å²) in [6.07, 6.45) is 9.95. The van der Waals surface area contributed by atoms with Crippen molar-refractivity contribution < 1.29 is 0 Å². The molecule has 3 aliphatic rings. The number of rotatable bonds is 3. The van der Waals surface area contributed by atoms with Crippen molar-refractivity contribution in [2.45, 2.75) is 39.2 Å². The molecule has 0 spiro atoms. The Morgan fingerprint density at radius 2 is 1.88 bits per heavy atom. The third kappa shape index (κ3) is 2.48. The van der Waals surface area contributed by atoms with Gasteiger partial charge in [0.15, 0.2) is 5.82 Å². The molecule has 1 aromatic heterocycles. The molecule has 0 bridgehead atoms. The van der Waals surface area contributed by atoms with E-state index in [-0.39, 0.29) is 0 Å². The molecule has 5 rings (SSSR count). The van der Waals surface area contributed by atoms with Crippen molar-refractivity contribution in [2.75, 3.05) is 11.9 Å². The molecule has 1 aliphatic heterocycles. The summed E-state index contributed by atoms with van der Waals surface area (Å²) in [5, 5.41) is 0. The summed E-state index contributed by atoms with van der Waals surface area (Å²) in [5.74, 6) is 0.997. The number of para-hydroxylation sites is 1. The maximum absolute atomic E-state index is 5.06. The van der Waals surface area contributed by atoms with Crippen LogP contribution in [0, 0.1) is 6.92 Å². The van der Waals surface area contributed by atoms with E-state index in [1.165, 1.54) is 24.0 Å². The van der Waals surface area contributed by atoms with Gasteiger partial charge in [-0.1, -0.05) is 18.2 Å². The molecule has 2 heterocycles. The maximum atomic E-state index is 5.06. The number of benzene rings is 1. The molecule has 0 atom stereocenters. The molecule has 2 aliphatic carbocycles. The van der Waals surface area contributed by atoms with Gasteiger partial charge in [0.1, 0.15) is 5.69 Å². The van der Waals surface area contributed by atoms with Crippen molar-refractivity contribution >= 4 is 28.1 Å². The van der Waals surface area contributed by atoms with Gasteiger partial charge < -0.3 is 4.90 Å². The number of anilines is 1. The van der Waals surface area contributed by atoms with E-state index >= 15 is 0 Å². The fraction of sp³-hybridized carbons (Fsp3) is 0.318. The number of aryl methyl sites for hydroxylation is 1. The predicted molar refractivity (Wildman–Crippen MR) is 108 cm³/mol. The molecule has 130 valence electrons. The van der Waals surface area contributed by atoms with E-state index in [0.29, 0.717) is 6.04 Å². The lowest BCUT2D eigenvalue weighted by molar-refractivity contribution is 0.887. The second kappa shape index (κ2) is 5.63. The van der Waals surface area contributed by atoms with E-state index in [2.05, 4.69) is 67.2 Å². The Bertz CT molecular complexity index is 1050. The highest BCUT2D eigenvalue weighted by Crippen LogP contribution is 2.37. The minimum absolute atomic E-state index is 0.590. The van der Waals surface area contributed by atoms with E-state index in [9.17, 15) is 0 Å². The van der Waals surface area contributed by atoms with Crippen molar-refractivity contribution in [1.82, 2.24) is 9.97 Å². The van der Waals surface area contributed by atoms with E-state index in [4.69, 9.17) is 9.97 Å². The lowest BCUT2D eigenvalue weighted by atomic mass is 9.96. The largest absolute Gasteiger partial charge is 0.355 e. The Kier molecular flexibility index (Phi) is 3.36. The van der Waals surface area contributed by atoms with Gasteiger partial charge in [-0.2, -0.15) is 0 Å². The van der Waals surface area contributed by atoms with Gasteiger partial charge in [0.2, 0.25) is 0 Å². The Hall–Kier alpha value is -2.75. The van der Waals surface area contributed by atoms with Crippen molar-refractivity contribution in [3.8, 4) is 0 Å². The van der Waals surface area contributed by atoms with Crippen LogP contribution in [-0.2, 0) is 0 Å². The summed E-state index contributed by atoms with van der Waals surface area (Å²) >= 11 is 0. The number of nitrogens with zero attached hydrogens (tertiary/aromatic N) is 4. The lowest BCUT2D eigenvalue weighted by Crippen LogP contribution is -2.23. The first kappa shape index (κ1) is 15.5. The van der Waals surface area contributed by atoms with E-state index in [0.717, 1.165) is 45.9 Å². The molecule has 0 radical (unpaired) electrons. The van der Waals surface area contributed by atoms with E-state index in [1.54, 1.807) is 0 Å². The second-order valence-corrected chi connectivity index (χ2v) is 7.49. The lowest BCUT2D eigenvalue weighted by Gasteiger charge is -2.22. The average molecular weight is 342 g/mol. The Morgan fingerprint density at radius 3 is 2.69 bits per heavy atom. The molecule has 0 unspecified atom stereocenters. The number of aromatic nitrogens is 2. The number of allylic oxidation sites excluding steroid dienone is 6. The zero-order valence-corrected chi connectivity index (χ0v) is 15.5. The zero-order chi connectivity index (χ0) is 17.8. The smallest absolute Gasteiger partial charge is 0.155 e. The first-order valence-corrected chi connectivity index (χ1v) is 9.29. The molecule has 1 fully saturated rings. The van der Waals surface area contributed by atoms with Crippen LogP contribution in [0.1, 0.15) is 37.4 Å². The summed E-state index contributed by atoms with van der Waals surface area (Å²) in [4.78, 5) is 17.0. The van der Waals surface area contributed by atoms with Crippen LogP contribution in [0.4, 0.5) is 5.82 Å². The van der Waals surface area contributed by atoms with Gasteiger partial charge in [-0.25, -0.2) is 9.97 Å². The number of hydrogen-bond donors (Lipinski definition) is 0. The van der Waals surface area contributed by atoms with Crippen LogP contribution < -0.4 is 4.90 Å². The van der Waals surface area contributed by atoms with Gasteiger partial charge in [0, 0.05) is 30.8 Å². The van der Waals surface area contributed by atoms with E-state index < -0.39 is 0 Å². The third-order valence-electron chi connectivity index (χ3n) is 5.42. The van der Waals surface area contributed by atoms with Gasteiger partial charge in [-0.15, -0.1) is 0 Å². The molecule has 0 saturated heterocycles. The maximum Gasteiger partial charge on any atom is 0.155 e. The van der Waals surface area contributed by atoms with Gasteiger partial charge in [-0.3, -0.25) is 4.99 Å². The zero-order valence-electron chi connectivity index (χ0n) is 15.5. The molecular weight excluding hydrogens is 320 g/mol. The van der Waals surface area contributed by atoms with Crippen LogP contribution in [0.25, 0.3) is 16.6 Å². The highest BCUT2D eigenvalue weighted by atomic mass is 15.2. The summed E-state index contributed by atoms with van der Waals surface area (Å²) in [6.45, 7) is 4.16. The van der Waals surface area contributed by atoms with Crippen LogP contribution >= 0.6 is 0 Å². The Balaban J connectivity index is 1.69. The summed E-state index contributed by atoms with van der Waals surface area (Å²) in [6, 6.07) is 6.81. The molecule has 4 nitrogen and oxygen atoms in total. The first-order chi connectivity index (χ1) is 12.6. The molecule has 4 heteroatoms. The molecule has 0 N–H and O–H groups in total. The van der Waals surface area contributed by atoms with Crippen LogP contribution in [0.3, 0.4) is 0 Å². The van der Waals surface area contributed by atoms with Crippen molar-refractivity contribution in [2.24, 2.45) is 4.99 Å². The van der Waals surface area contributed by atoms with Crippen molar-refractivity contribution in [3.63, 3.8) is 0 Å². The normalized spacial score (nSPS) is 18.9. The highest BCUT2D eigenvalue weighted by Gasteiger charge is 2.30. The Morgan fingerprint density at radius 1 is 1.04 bits per heavy atom. The van der Waals surface area contributed by atoms with Crippen LogP contribution in [0.2, 0.25) is 0 Å². The van der Waals surface area contributed by atoms with Crippen molar-refractivity contribution in [3.05, 3.63) is 59.0 Å². The molecule has 1 aromatic carbocycles. The summed E-state index contributed by atoms with van der Waals surface area (Å²) < 4.78 is 0. The predicted octanol–water partition coefficient (Wildman–Crippen LogP) is 4.61. The van der Waals surface area contributed by atoms with Gasteiger partial charge in [0.25, 0.3) is 0 Å². The molecule has 2 aromatic rings. The monoisotopic (exact) mass is 342 g/mol. The number of fused-ring (bicyclic) bond motifs is 2. The Labute approximate surface area is 153 Å². The second-order valence-electron chi connectivity index (χ2n) is 7.49. The van der Waals surface area contributed by atoms with Gasteiger partial charge in [-0.05, 0) is 56.0 Å². The van der Waals surface area contributed by atoms with Crippen molar-refractivity contribution in [1.29, 1.82) is 0 Å². The molecule has 0 amide bonds. The SMILES string of the molecule is CC1=CC2=CC(c3nc4cccc(C)c4nc3N(C)C3CC3)=CCC2=N1. The minimum atomic E-state index is 0.590. The topological polar surface area (TPSA) is 41.4 Å². The number of hydrogen-bond acceptors (Lipinski definition) is 4. The highest BCUT2D eigenvalue weighted by molar-refractivity contribution is 6.10. The average Bonchev–Trinajstić information content (AvgIpc) is 3.41. The third-order valence-corrected chi connectivity index (χ3v) is 5.42. The van der Waals surface area contributed by atoms with E-state index in [1.807, 2.05) is 0 Å². The summed E-state index contributed by atoms with van der Waals surface area (Å²) in [5.41, 5.74) is 8.74. The quantitative estimate of drug-likeness (QED) is 0.818. The fourth-order valence-electron chi connectivity index (χ4n) is 3.79. The minimum Gasteiger partial charge on any atom is -0.355 e. The first-order valence-electron chi connectivity index (χ1n) is 9.29. The molecular formula is C22H22N4. The fourth-order valence-corrected chi connectivity index (χ4v) is 3.79.